The zero-order valence-corrected chi connectivity index (χ0v) is 20.6. The lowest BCUT2D eigenvalue weighted by Crippen LogP contribution is -2.42. The van der Waals surface area contributed by atoms with Gasteiger partial charge in [-0.1, -0.05) is 62.4 Å². The van der Waals surface area contributed by atoms with Crippen molar-refractivity contribution in [2.24, 2.45) is 0 Å². The van der Waals surface area contributed by atoms with E-state index in [1.165, 1.54) is 23.8 Å². The Bertz CT molecular complexity index is 963. The minimum Gasteiger partial charge on any atom is -0.467 e. The number of carbonyl (C=O) groups is 3. The first-order chi connectivity index (χ1) is 16.7. The third kappa shape index (κ3) is 10.4. The average Bonchev–Trinajstić information content (AvgIpc) is 3.69. The summed E-state index contributed by atoms with van der Waals surface area (Å²) in [6.45, 7) is 4.91. The van der Waals surface area contributed by atoms with Gasteiger partial charge in [0.2, 0.25) is 15.7 Å². The maximum atomic E-state index is 11.5. The van der Waals surface area contributed by atoms with Crippen molar-refractivity contribution in [3.63, 3.8) is 0 Å². The van der Waals surface area contributed by atoms with Gasteiger partial charge < -0.3 is 20.1 Å². The van der Waals surface area contributed by atoms with Crippen molar-refractivity contribution in [2.45, 2.75) is 57.7 Å². The van der Waals surface area contributed by atoms with Gasteiger partial charge in [-0.15, -0.1) is 0 Å². The Labute approximate surface area is 210 Å². The lowest BCUT2D eigenvalue weighted by atomic mass is 10.00. The van der Waals surface area contributed by atoms with E-state index >= 15 is 0 Å². The predicted octanol–water partition coefficient (Wildman–Crippen LogP) is 2.65. The van der Waals surface area contributed by atoms with E-state index in [-0.39, 0.29) is 12.1 Å². The number of hydrogen-bond donors (Lipinski definition) is 2. The number of esters is 1. The van der Waals surface area contributed by atoms with Gasteiger partial charge in [0, 0.05) is 6.42 Å². The maximum absolute atomic E-state index is 11.5. The zero-order valence-electron chi connectivity index (χ0n) is 20.6. The number of benzene rings is 2. The molecule has 182 valence electrons. The molecule has 7 nitrogen and oxygen atoms in total. The van der Waals surface area contributed by atoms with Crippen LogP contribution in [-0.4, -0.2) is 65.2 Å². The summed E-state index contributed by atoms with van der Waals surface area (Å²) in [5.41, 5.74) is 4.67. The van der Waals surface area contributed by atoms with Gasteiger partial charge in [0.05, 0.1) is 19.8 Å². The Kier molecular flexibility index (Phi) is 11.6. The number of aryl methyl sites for hydroxylation is 2. The van der Waals surface area contributed by atoms with Crippen molar-refractivity contribution in [1.82, 2.24) is 10.6 Å². The van der Waals surface area contributed by atoms with Crippen molar-refractivity contribution in [2.75, 3.05) is 13.7 Å². The van der Waals surface area contributed by atoms with Gasteiger partial charge in [0.1, 0.15) is 12.1 Å². The molecule has 0 spiro atoms. The van der Waals surface area contributed by atoms with Crippen LogP contribution in [0.1, 0.15) is 36.1 Å². The molecule has 1 saturated heterocycles. The van der Waals surface area contributed by atoms with E-state index in [4.69, 9.17) is 20.4 Å². The second-order valence-electron chi connectivity index (χ2n) is 8.32. The van der Waals surface area contributed by atoms with Crippen molar-refractivity contribution in [1.29, 1.82) is 0 Å². The summed E-state index contributed by atoms with van der Waals surface area (Å²) in [5, 5.41) is 5.10. The average molecular weight is 474 g/mol. The van der Waals surface area contributed by atoms with E-state index in [1.54, 1.807) is 0 Å². The number of hydrogen-bond acceptors (Lipinski definition) is 5. The summed E-state index contributed by atoms with van der Waals surface area (Å²) in [6.07, 6.45) is 3.24. The molecule has 0 bridgehead atoms. The number of nitrogens with one attached hydrogen (secondary N) is 2. The Hall–Kier alpha value is -3.06. The molecule has 2 aromatic rings. The molecule has 1 fully saturated rings. The van der Waals surface area contributed by atoms with Crippen LogP contribution < -0.4 is 10.6 Å². The highest BCUT2D eigenvalue weighted by atomic mass is 16.6. The molecular formula is C26H32B2N2O5. The fourth-order valence-corrected chi connectivity index (χ4v) is 3.57. The molecule has 3 atom stereocenters. The molecule has 35 heavy (non-hydrogen) atoms. The molecular weight excluding hydrogens is 442 g/mol. The van der Waals surface area contributed by atoms with Gasteiger partial charge in [-0.2, -0.15) is 0 Å². The quantitative estimate of drug-likeness (QED) is 0.314. The third-order valence-electron chi connectivity index (χ3n) is 5.70. The number of ether oxygens (including phenoxy) is 2. The lowest BCUT2D eigenvalue weighted by Gasteiger charge is -2.16. The minimum absolute atomic E-state index is 0.0139. The first-order valence-corrected chi connectivity index (χ1v) is 11.7. The van der Waals surface area contributed by atoms with Gasteiger partial charge in [0.25, 0.3) is 0 Å². The summed E-state index contributed by atoms with van der Waals surface area (Å²) in [5.74, 6) is -1.74. The van der Waals surface area contributed by atoms with E-state index in [9.17, 15) is 14.4 Å². The van der Waals surface area contributed by atoms with E-state index in [0.29, 0.717) is 13.0 Å². The first-order valence-electron chi connectivity index (χ1n) is 11.7. The lowest BCUT2D eigenvalue weighted by molar-refractivity contribution is -0.142. The smallest absolute Gasteiger partial charge is 0.328 e. The fraction of sp³-hybridized carbons (Fsp3) is 0.423. The maximum Gasteiger partial charge on any atom is 0.328 e. The summed E-state index contributed by atoms with van der Waals surface area (Å²) >= 11 is 0. The van der Waals surface area contributed by atoms with Crippen LogP contribution in [0.15, 0.2) is 48.5 Å². The molecule has 2 aromatic carbocycles. The second kappa shape index (κ2) is 14.4. The monoisotopic (exact) mass is 474 g/mol. The van der Waals surface area contributed by atoms with Crippen LogP contribution >= 0.6 is 0 Å². The molecule has 1 aliphatic heterocycles. The summed E-state index contributed by atoms with van der Waals surface area (Å²) in [6, 6.07) is 15.5. The van der Waals surface area contributed by atoms with Crippen LogP contribution in [0, 0.1) is 0 Å². The summed E-state index contributed by atoms with van der Waals surface area (Å²) < 4.78 is 9.84. The zero-order chi connectivity index (χ0) is 25.8. The number of methoxy groups -OCH3 is 1. The number of amides is 2. The Morgan fingerprint density at radius 2 is 1.29 bits per heavy atom. The third-order valence-corrected chi connectivity index (χ3v) is 5.70. The van der Waals surface area contributed by atoms with E-state index in [1.807, 2.05) is 24.3 Å². The van der Waals surface area contributed by atoms with Crippen LogP contribution in [0.5, 0.6) is 0 Å². The number of epoxide rings is 1. The highest BCUT2D eigenvalue weighted by Crippen LogP contribution is 2.18. The van der Waals surface area contributed by atoms with Gasteiger partial charge in [0.15, 0.2) is 11.6 Å². The molecule has 2 amide bonds. The van der Waals surface area contributed by atoms with E-state index in [2.05, 4.69) is 53.5 Å². The highest BCUT2D eigenvalue weighted by Gasteiger charge is 2.33. The summed E-state index contributed by atoms with van der Waals surface area (Å²) in [4.78, 5) is 33.2. The van der Waals surface area contributed by atoms with Crippen molar-refractivity contribution >= 4 is 33.3 Å². The fourth-order valence-electron chi connectivity index (χ4n) is 3.57. The SMILES string of the molecule is [B]C(=O)NC(Cc1ccc(CC)cc1)C(=O)OC.[B]C(=O)NC(Cc1ccc(CC)cc1)[C@H]1CO1. The molecule has 0 aliphatic carbocycles. The minimum atomic E-state index is -0.750. The Morgan fingerprint density at radius 3 is 1.66 bits per heavy atom. The topological polar surface area (TPSA) is 97.0 Å². The molecule has 1 heterocycles. The van der Waals surface area contributed by atoms with Crippen molar-refractivity contribution in [3.05, 3.63) is 70.8 Å². The Balaban J connectivity index is 0.000000247. The Morgan fingerprint density at radius 1 is 0.857 bits per heavy atom. The van der Waals surface area contributed by atoms with Gasteiger partial charge in [-0.25, -0.2) is 4.79 Å². The normalized spacial score (nSPS) is 15.6. The summed E-state index contributed by atoms with van der Waals surface area (Å²) in [7, 11) is 11.5. The van der Waals surface area contributed by atoms with Crippen LogP contribution in [0.25, 0.3) is 0 Å². The molecule has 0 aromatic heterocycles. The molecule has 0 saturated carbocycles. The molecule has 9 heteroatoms. The van der Waals surface area contributed by atoms with Crippen LogP contribution in [0.4, 0.5) is 9.59 Å². The van der Waals surface area contributed by atoms with Crippen LogP contribution in [0.3, 0.4) is 0 Å². The van der Waals surface area contributed by atoms with E-state index in [0.717, 1.165) is 24.8 Å². The van der Waals surface area contributed by atoms with Crippen LogP contribution in [0.2, 0.25) is 0 Å². The highest BCUT2D eigenvalue weighted by molar-refractivity contribution is 6.57. The van der Waals surface area contributed by atoms with E-state index < -0.39 is 23.6 Å². The van der Waals surface area contributed by atoms with Gasteiger partial charge >= 0.3 is 5.97 Å². The first kappa shape index (κ1) is 28.2. The molecule has 4 radical (unpaired) electrons. The molecule has 2 unspecified atom stereocenters. The van der Waals surface area contributed by atoms with Gasteiger partial charge in [-0.05, 0) is 41.5 Å². The van der Waals surface area contributed by atoms with Gasteiger partial charge in [-0.3, -0.25) is 9.59 Å². The molecule has 1 aliphatic rings. The number of rotatable bonds is 10. The van der Waals surface area contributed by atoms with Crippen molar-refractivity contribution < 1.29 is 23.9 Å². The molecule has 3 rings (SSSR count). The standard InChI is InChI=1S/C13H16BNO3.C13H16BNO2/c1-3-9-4-6-10(7-5-9)8-11(12(16)18-2)15-13(14)17;1-2-9-3-5-10(6-4-9)7-11(12-8-17-12)15-13(14)16/h4-7,11H,3,8H2,1-2H3,(H,15,17);3-6,11-12H,2,7-8H2,1H3,(H,15,16)/t;11?,12-/m.1/s1. The van der Waals surface area contributed by atoms with Crippen LogP contribution in [-0.2, 0) is 40.0 Å². The largest absolute Gasteiger partial charge is 0.467 e. The van der Waals surface area contributed by atoms with Crippen molar-refractivity contribution in [3.8, 4) is 0 Å². The number of carbonyl (C=O) groups excluding carboxylic acids is 3. The second-order valence-corrected chi connectivity index (χ2v) is 8.32. The predicted molar refractivity (Wildman–Crippen MR) is 137 cm³/mol. The molecule has 2 N–H and O–H groups in total.